The van der Waals surface area contributed by atoms with E-state index >= 15 is 0 Å². The van der Waals surface area contributed by atoms with E-state index in [-0.39, 0.29) is 24.4 Å². The van der Waals surface area contributed by atoms with Gasteiger partial charge in [0.1, 0.15) is 6.10 Å². The third-order valence-electron chi connectivity index (χ3n) is 4.19. The smallest absolute Gasteiger partial charge is 0.306 e. The van der Waals surface area contributed by atoms with Crippen LogP contribution >= 0.6 is 0 Å². The average molecular weight is 296 g/mol. The van der Waals surface area contributed by atoms with Gasteiger partial charge in [0, 0.05) is 6.42 Å². The molecule has 0 bridgehead atoms. The summed E-state index contributed by atoms with van der Waals surface area (Å²) in [5, 5.41) is 20.3. The Kier molecular flexibility index (Phi) is 6.62. The van der Waals surface area contributed by atoms with E-state index in [0.717, 1.165) is 12.0 Å². The first-order chi connectivity index (χ1) is 9.71. The molecule has 0 aromatic heterocycles. The molecule has 0 radical (unpaired) electrons. The number of hydrogen-bond acceptors (Lipinski definition) is 4. The van der Waals surface area contributed by atoms with Crippen molar-refractivity contribution in [2.75, 3.05) is 0 Å². The number of aliphatic hydroxyl groups is 2. The van der Waals surface area contributed by atoms with Gasteiger partial charge < -0.3 is 14.9 Å². The predicted octanol–water partition coefficient (Wildman–Crippen LogP) is 2.74. The SMILES string of the molecule is C/C1=C/C=C\C(C)(O)CCC(=O)OC(C)C(C)CCC1O. The third kappa shape index (κ3) is 6.44. The van der Waals surface area contributed by atoms with Crippen molar-refractivity contribution in [3.8, 4) is 0 Å². The zero-order valence-electron chi connectivity index (χ0n) is 13.5. The Labute approximate surface area is 127 Å². The molecular weight excluding hydrogens is 268 g/mol. The number of allylic oxidation sites excluding steroid dienone is 2. The second-order valence-electron chi connectivity index (χ2n) is 6.39. The van der Waals surface area contributed by atoms with Crippen LogP contribution in [0.1, 0.15) is 53.4 Å². The van der Waals surface area contributed by atoms with Gasteiger partial charge in [0.15, 0.2) is 0 Å². The number of cyclic esters (lactones) is 1. The summed E-state index contributed by atoms with van der Waals surface area (Å²) in [6.45, 7) is 7.44. The fraction of sp³-hybridized carbons (Fsp3) is 0.706. The van der Waals surface area contributed by atoms with Crippen LogP contribution in [0.5, 0.6) is 0 Å². The molecule has 1 aliphatic rings. The van der Waals surface area contributed by atoms with E-state index in [2.05, 4.69) is 0 Å². The van der Waals surface area contributed by atoms with Crippen LogP contribution < -0.4 is 0 Å². The van der Waals surface area contributed by atoms with E-state index in [1.807, 2.05) is 26.8 Å². The zero-order chi connectivity index (χ0) is 16.0. The number of carbonyl (C=O) groups is 1. The standard InChI is InChI=1S/C17H28O4/c1-12-7-8-15(18)13(2)6-5-10-17(4,20)11-9-16(19)21-14(12)3/h5-6,10,12,14-15,18,20H,7-9,11H2,1-4H3/b10-5-,13-6-. The molecule has 0 fully saturated rings. The van der Waals surface area contributed by atoms with Crippen molar-refractivity contribution in [2.24, 2.45) is 5.92 Å². The quantitative estimate of drug-likeness (QED) is 0.675. The van der Waals surface area contributed by atoms with Crippen molar-refractivity contribution in [3.05, 3.63) is 23.8 Å². The lowest BCUT2D eigenvalue weighted by molar-refractivity contribution is -0.151. The summed E-state index contributed by atoms with van der Waals surface area (Å²) in [7, 11) is 0. The molecule has 120 valence electrons. The average Bonchev–Trinajstić information content (AvgIpc) is 2.41. The second-order valence-corrected chi connectivity index (χ2v) is 6.39. The summed E-state index contributed by atoms with van der Waals surface area (Å²) in [5.41, 5.74) is -0.185. The highest BCUT2D eigenvalue weighted by molar-refractivity contribution is 5.69. The highest BCUT2D eigenvalue weighted by Gasteiger charge is 2.22. The maximum absolute atomic E-state index is 11.8. The van der Waals surface area contributed by atoms with Crippen LogP contribution in [0.4, 0.5) is 0 Å². The Hall–Kier alpha value is -1.13. The number of rotatable bonds is 0. The second kappa shape index (κ2) is 7.76. The summed E-state index contributed by atoms with van der Waals surface area (Å²) >= 11 is 0. The Morgan fingerprint density at radius 2 is 2.00 bits per heavy atom. The molecule has 0 aromatic rings. The monoisotopic (exact) mass is 296 g/mol. The van der Waals surface area contributed by atoms with E-state index in [1.54, 1.807) is 19.1 Å². The van der Waals surface area contributed by atoms with Crippen molar-refractivity contribution >= 4 is 5.97 Å². The normalized spacial score (nSPS) is 40.6. The lowest BCUT2D eigenvalue weighted by Gasteiger charge is -2.24. The Balaban J connectivity index is 2.88. The van der Waals surface area contributed by atoms with Crippen molar-refractivity contribution in [1.29, 1.82) is 0 Å². The van der Waals surface area contributed by atoms with Crippen molar-refractivity contribution < 1.29 is 19.7 Å². The lowest BCUT2D eigenvalue weighted by Crippen LogP contribution is -2.26. The maximum Gasteiger partial charge on any atom is 0.306 e. The molecule has 1 rings (SSSR count). The van der Waals surface area contributed by atoms with E-state index in [0.29, 0.717) is 12.8 Å². The molecule has 0 amide bonds. The molecule has 4 unspecified atom stereocenters. The number of ether oxygens (including phenoxy) is 1. The summed E-state index contributed by atoms with van der Waals surface area (Å²) < 4.78 is 5.39. The van der Waals surface area contributed by atoms with Crippen LogP contribution in [-0.2, 0) is 9.53 Å². The minimum absolute atomic E-state index is 0.183. The van der Waals surface area contributed by atoms with Gasteiger partial charge in [-0.25, -0.2) is 0 Å². The summed E-state index contributed by atoms with van der Waals surface area (Å²) in [4.78, 5) is 11.8. The molecule has 0 saturated carbocycles. The lowest BCUT2D eigenvalue weighted by atomic mass is 9.94. The van der Waals surface area contributed by atoms with Gasteiger partial charge in [-0.2, -0.15) is 0 Å². The van der Waals surface area contributed by atoms with E-state index < -0.39 is 11.7 Å². The van der Waals surface area contributed by atoms with Gasteiger partial charge in [-0.15, -0.1) is 0 Å². The largest absolute Gasteiger partial charge is 0.462 e. The topological polar surface area (TPSA) is 66.8 Å². The maximum atomic E-state index is 11.8. The Bertz CT molecular complexity index is 409. The van der Waals surface area contributed by atoms with Crippen LogP contribution in [0, 0.1) is 5.92 Å². The van der Waals surface area contributed by atoms with E-state index in [9.17, 15) is 15.0 Å². The van der Waals surface area contributed by atoms with Crippen molar-refractivity contribution in [3.63, 3.8) is 0 Å². The Morgan fingerprint density at radius 3 is 2.67 bits per heavy atom. The van der Waals surface area contributed by atoms with Gasteiger partial charge in [-0.05, 0) is 51.5 Å². The minimum atomic E-state index is -1.06. The molecule has 2 N–H and O–H groups in total. The Morgan fingerprint density at radius 1 is 1.33 bits per heavy atom. The predicted molar refractivity (Wildman–Crippen MR) is 82.7 cm³/mol. The van der Waals surface area contributed by atoms with Gasteiger partial charge in [0.05, 0.1) is 11.7 Å². The van der Waals surface area contributed by atoms with Gasteiger partial charge in [0.25, 0.3) is 0 Å². The molecule has 4 nitrogen and oxygen atoms in total. The van der Waals surface area contributed by atoms with Crippen LogP contribution in [0.2, 0.25) is 0 Å². The molecular formula is C17H28O4. The minimum Gasteiger partial charge on any atom is -0.462 e. The number of hydrogen-bond donors (Lipinski definition) is 2. The fourth-order valence-electron chi connectivity index (χ4n) is 2.22. The van der Waals surface area contributed by atoms with Gasteiger partial charge in [-0.1, -0.05) is 25.2 Å². The first-order valence-corrected chi connectivity index (χ1v) is 7.67. The first kappa shape index (κ1) is 17.9. The number of esters is 1. The van der Waals surface area contributed by atoms with Crippen LogP contribution in [0.3, 0.4) is 0 Å². The number of carbonyl (C=O) groups excluding carboxylic acids is 1. The van der Waals surface area contributed by atoms with E-state index in [1.165, 1.54) is 0 Å². The fourth-order valence-corrected chi connectivity index (χ4v) is 2.22. The molecule has 0 aliphatic carbocycles. The highest BCUT2D eigenvalue weighted by Crippen LogP contribution is 2.21. The van der Waals surface area contributed by atoms with Crippen molar-refractivity contribution in [1.82, 2.24) is 0 Å². The van der Waals surface area contributed by atoms with Crippen LogP contribution in [0.15, 0.2) is 23.8 Å². The van der Waals surface area contributed by atoms with E-state index in [4.69, 9.17) is 4.74 Å². The van der Waals surface area contributed by atoms with Crippen LogP contribution in [-0.4, -0.2) is 34.0 Å². The highest BCUT2D eigenvalue weighted by atomic mass is 16.5. The summed E-state index contributed by atoms with van der Waals surface area (Å²) in [6, 6.07) is 0. The zero-order valence-corrected chi connectivity index (χ0v) is 13.5. The third-order valence-corrected chi connectivity index (χ3v) is 4.19. The summed E-state index contributed by atoms with van der Waals surface area (Å²) in [5.74, 6) is -0.0947. The summed E-state index contributed by atoms with van der Waals surface area (Å²) in [6.07, 6.45) is 6.45. The molecule has 4 atom stereocenters. The molecule has 4 heteroatoms. The molecule has 1 heterocycles. The van der Waals surface area contributed by atoms with Gasteiger partial charge in [-0.3, -0.25) is 4.79 Å². The molecule has 0 spiro atoms. The van der Waals surface area contributed by atoms with Crippen molar-refractivity contribution in [2.45, 2.75) is 71.2 Å². The number of aliphatic hydroxyl groups excluding tert-OH is 1. The van der Waals surface area contributed by atoms with Gasteiger partial charge in [0.2, 0.25) is 0 Å². The first-order valence-electron chi connectivity index (χ1n) is 7.67. The molecule has 1 aliphatic heterocycles. The van der Waals surface area contributed by atoms with Gasteiger partial charge >= 0.3 is 5.97 Å². The van der Waals surface area contributed by atoms with Crippen LogP contribution in [0.25, 0.3) is 0 Å². The molecule has 21 heavy (non-hydrogen) atoms. The molecule has 0 saturated heterocycles. The molecule has 0 aromatic carbocycles.